The minimum Gasteiger partial charge on any atom is -0.465 e. The van der Waals surface area contributed by atoms with Crippen molar-refractivity contribution in [2.75, 3.05) is 19.8 Å². The van der Waals surface area contributed by atoms with Crippen LogP contribution in [0.3, 0.4) is 0 Å². The quantitative estimate of drug-likeness (QED) is 0.820. The monoisotopic (exact) mass is 297 g/mol. The average Bonchev–Trinajstić information content (AvgIpc) is 2.94. The number of esters is 1. The fourth-order valence-electron chi connectivity index (χ4n) is 2.31. The molecule has 2 atom stereocenters. The van der Waals surface area contributed by atoms with Crippen LogP contribution in [-0.2, 0) is 14.3 Å². The van der Waals surface area contributed by atoms with Gasteiger partial charge in [0.25, 0.3) is 0 Å². The highest BCUT2D eigenvalue weighted by Crippen LogP contribution is 2.24. The van der Waals surface area contributed by atoms with Crippen molar-refractivity contribution in [2.45, 2.75) is 31.9 Å². The van der Waals surface area contributed by atoms with Gasteiger partial charge in [0, 0.05) is 18.2 Å². The van der Waals surface area contributed by atoms with Crippen LogP contribution in [0.4, 0.5) is 0 Å². The van der Waals surface area contributed by atoms with Crippen molar-refractivity contribution in [3.63, 3.8) is 0 Å². The summed E-state index contributed by atoms with van der Waals surface area (Å²) < 4.78 is 10.7. The van der Waals surface area contributed by atoms with E-state index in [2.05, 4.69) is 5.32 Å². The van der Waals surface area contributed by atoms with Crippen LogP contribution >= 0.6 is 11.6 Å². The lowest BCUT2D eigenvalue weighted by Gasteiger charge is -2.20. The minimum absolute atomic E-state index is 0.161. The lowest BCUT2D eigenvalue weighted by Crippen LogP contribution is -2.35. The fraction of sp³-hybridized carbons (Fsp3) is 0.533. The van der Waals surface area contributed by atoms with E-state index in [1.165, 1.54) is 0 Å². The van der Waals surface area contributed by atoms with Crippen molar-refractivity contribution in [3.05, 3.63) is 34.9 Å². The summed E-state index contributed by atoms with van der Waals surface area (Å²) in [5.74, 6) is -0.307. The number of halogens is 1. The molecule has 0 spiro atoms. The molecule has 5 heteroatoms. The van der Waals surface area contributed by atoms with Crippen LogP contribution in [0.5, 0.6) is 0 Å². The summed E-state index contributed by atoms with van der Waals surface area (Å²) in [6.45, 7) is 3.56. The van der Waals surface area contributed by atoms with Crippen LogP contribution in [0.1, 0.15) is 31.4 Å². The third kappa shape index (κ3) is 3.95. The molecule has 0 bridgehead atoms. The Labute approximate surface area is 124 Å². The van der Waals surface area contributed by atoms with E-state index >= 15 is 0 Å². The van der Waals surface area contributed by atoms with Gasteiger partial charge < -0.3 is 9.47 Å². The first kappa shape index (κ1) is 15.3. The summed E-state index contributed by atoms with van der Waals surface area (Å²) in [5, 5.41) is 3.78. The van der Waals surface area contributed by atoms with E-state index in [4.69, 9.17) is 21.1 Å². The van der Waals surface area contributed by atoms with E-state index in [1.807, 2.05) is 18.2 Å². The number of rotatable bonds is 6. The summed E-state index contributed by atoms with van der Waals surface area (Å²) in [6, 6.07) is 6.77. The maximum absolute atomic E-state index is 12.1. The third-order valence-electron chi connectivity index (χ3n) is 3.31. The molecular formula is C15H20ClNO3. The highest BCUT2D eigenvalue weighted by Gasteiger charge is 2.25. The van der Waals surface area contributed by atoms with Crippen LogP contribution in [0.25, 0.3) is 0 Å². The number of ether oxygens (including phenoxy) is 2. The molecule has 0 radical (unpaired) electrons. The van der Waals surface area contributed by atoms with Crippen LogP contribution in [0.15, 0.2) is 24.3 Å². The number of carbonyl (C=O) groups is 1. The number of hydrogen-bond acceptors (Lipinski definition) is 4. The smallest absolute Gasteiger partial charge is 0.327 e. The first-order valence-corrected chi connectivity index (χ1v) is 7.36. The van der Waals surface area contributed by atoms with Crippen molar-refractivity contribution >= 4 is 17.6 Å². The zero-order valence-corrected chi connectivity index (χ0v) is 12.4. The Bertz CT molecular complexity index is 446. The average molecular weight is 298 g/mol. The van der Waals surface area contributed by atoms with Crippen molar-refractivity contribution in [1.29, 1.82) is 0 Å². The van der Waals surface area contributed by atoms with E-state index in [0.29, 0.717) is 18.2 Å². The van der Waals surface area contributed by atoms with E-state index in [9.17, 15) is 4.79 Å². The molecule has 1 aromatic carbocycles. The predicted octanol–water partition coefficient (Wildman–Crippen LogP) is 2.71. The number of hydrogen-bond donors (Lipinski definition) is 1. The van der Waals surface area contributed by atoms with Crippen molar-refractivity contribution < 1.29 is 14.3 Å². The van der Waals surface area contributed by atoms with Crippen molar-refractivity contribution in [1.82, 2.24) is 5.32 Å². The summed E-state index contributed by atoms with van der Waals surface area (Å²) in [5.41, 5.74) is 0.741. The SMILES string of the molecule is CCOC(=O)C(NCC1CCCO1)c1ccccc1Cl. The van der Waals surface area contributed by atoms with Gasteiger partial charge in [-0.1, -0.05) is 29.8 Å². The molecule has 1 N–H and O–H groups in total. The van der Waals surface area contributed by atoms with Gasteiger partial charge in [-0.3, -0.25) is 5.32 Å². The van der Waals surface area contributed by atoms with Gasteiger partial charge in [0.2, 0.25) is 0 Å². The Kier molecular flexibility index (Phi) is 5.83. The van der Waals surface area contributed by atoms with Crippen LogP contribution < -0.4 is 5.32 Å². The van der Waals surface area contributed by atoms with Gasteiger partial charge in [-0.05, 0) is 31.4 Å². The molecule has 1 fully saturated rings. The summed E-state index contributed by atoms with van der Waals surface area (Å²) in [4.78, 5) is 12.1. The second-order valence-corrected chi connectivity index (χ2v) is 5.16. The molecule has 110 valence electrons. The van der Waals surface area contributed by atoms with Crippen molar-refractivity contribution in [2.24, 2.45) is 0 Å². The Morgan fingerprint density at radius 2 is 2.35 bits per heavy atom. The second-order valence-electron chi connectivity index (χ2n) is 4.75. The maximum atomic E-state index is 12.1. The molecule has 2 unspecified atom stereocenters. The summed E-state index contributed by atoms with van der Waals surface area (Å²) in [7, 11) is 0. The predicted molar refractivity (Wildman–Crippen MR) is 77.8 cm³/mol. The fourth-order valence-corrected chi connectivity index (χ4v) is 2.55. The second kappa shape index (κ2) is 7.62. The summed E-state index contributed by atoms with van der Waals surface area (Å²) in [6.07, 6.45) is 2.25. The standard InChI is InChI=1S/C15H20ClNO3/c1-2-19-15(18)14(12-7-3-4-8-13(12)16)17-10-11-6-5-9-20-11/h3-4,7-8,11,14,17H,2,5-6,9-10H2,1H3. The van der Waals surface area contributed by atoms with Gasteiger partial charge in [0.15, 0.2) is 0 Å². The Morgan fingerprint density at radius 1 is 1.55 bits per heavy atom. The highest BCUT2D eigenvalue weighted by molar-refractivity contribution is 6.31. The van der Waals surface area contributed by atoms with Gasteiger partial charge in [-0.25, -0.2) is 4.79 Å². The minimum atomic E-state index is -0.548. The van der Waals surface area contributed by atoms with Gasteiger partial charge in [0.1, 0.15) is 6.04 Å². The number of benzene rings is 1. The molecule has 0 aliphatic carbocycles. The van der Waals surface area contributed by atoms with Crippen LogP contribution in [-0.4, -0.2) is 31.8 Å². The van der Waals surface area contributed by atoms with E-state index < -0.39 is 6.04 Å². The molecule has 4 nitrogen and oxygen atoms in total. The molecule has 1 aliphatic heterocycles. The number of carbonyl (C=O) groups excluding carboxylic acids is 1. The van der Waals surface area contributed by atoms with E-state index in [0.717, 1.165) is 25.0 Å². The summed E-state index contributed by atoms with van der Waals surface area (Å²) >= 11 is 6.18. The van der Waals surface area contributed by atoms with Gasteiger partial charge in [-0.2, -0.15) is 0 Å². The highest BCUT2D eigenvalue weighted by atomic mass is 35.5. The molecule has 1 aromatic rings. The van der Waals surface area contributed by atoms with Gasteiger partial charge >= 0.3 is 5.97 Å². The van der Waals surface area contributed by atoms with Gasteiger partial charge in [0.05, 0.1) is 12.7 Å². The van der Waals surface area contributed by atoms with E-state index in [-0.39, 0.29) is 12.1 Å². The number of nitrogens with one attached hydrogen (secondary N) is 1. The van der Waals surface area contributed by atoms with Crippen molar-refractivity contribution in [3.8, 4) is 0 Å². The van der Waals surface area contributed by atoms with Crippen LogP contribution in [0.2, 0.25) is 5.02 Å². The third-order valence-corrected chi connectivity index (χ3v) is 3.66. The zero-order chi connectivity index (χ0) is 14.4. The Hall–Kier alpha value is -1.10. The topological polar surface area (TPSA) is 47.6 Å². The molecule has 20 heavy (non-hydrogen) atoms. The first-order chi connectivity index (χ1) is 9.72. The van der Waals surface area contributed by atoms with E-state index in [1.54, 1.807) is 13.0 Å². The molecule has 2 rings (SSSR count). The normalized spacial score (nSPS) is 19.8. The lowest BCUT2D eigenvalue weighted by atomic mass is 10.1. The first-order valence-electron chi connectivity index (χ1n) is 6.98. The Morgan fingerprint density at radius 3 is 3.00 bits per heavy atom. The van der Waals surface area contributed by atoms with Crippen LogP contribution in [0, 0.1) is 0 Å². The molecule has 1 saturated heterocycles. The molecule has 1 heterocycles. The molecular weight excluding hydrogens is 278 g/mol. The molecule has 0 amide bonds. The largest absolute Gasteiger partial charge is 0.465 e. The Balaban J connectivity index is 2.07. The van der Waals surface area contributed by atoms with Gasteiger partial charge in [-0.15, -0.1) is 0 Å². The zero-order valence-electron chi connectivity index (χ0n) is 11.6. The molecule has 0 aromatic heterocycles. The lowest BCUT2D eigenvalue weighted by molar-refractivity contribution is -0.146. The molecule has 1 aliphatic rings. The molecule has 0 saturated carbocycles. The maximum Gasteiger partial charge on any atom is 0.327 e.